The molecule has 0 aromatic heterocycles. The van der Waals surface area contributed by atoms with Crippen LogP contribution in [0.2, 0.25) is 0 Å². The molecule has 1 saturated heterocycles. The van der Waals surface area contributed by atoms with Crippen molar-refractivity contribution in [1.82, 2.24) is 9.62 Å². The van der Waals surface area contributed by atoms with E-state index in [0.29, 0.717) is 24.6 Å². The average molecular weight is 387 g/mol. The first-order valence-corrected chi connectivity index (χ1v) is 10.8. The third-order valence-electron chi connectivity index (χ3n) is 5.02. The van der Waals surface area contributed by atoms with E-state index in [1.807, 2.05) is 37.3 Å². The zero-order chi connectivity index (χ0) is 19.4. The number of carbonyl (C=O) groups excluding carboxylic acids is 1. The minimum atomic E-state index is -3.50. The molecule has 0 spiro atoms. The summed E-state index contributed by atoms with van der Waals surface area (Å²) in [4.78, 5) is 12.7. The lowest BCUT2D eigenvalue weighted by Gasteiger charge is -2.30. The largest absolute Gasteiger partial charge is 0.346 e. The van der Waals surface area contributed by atoms with Crippen molar-refractivity contribution >= 4 is 15.9 Å². The second kappa shape index (κ2) is 8.23. The number of piperidine rings is 1. The molecule has 2 atom stereocenters. The summed E-state index contributed by atoms with van der Waals surface area (Å²) in [6.07, 6.45) is 1.95. The number of nitrogens with one attached hydrogen (secondary N) is 1. The predicted octanol–water partition coefficient (Wildman–Crippen LogP) is 3.60. The molecule has 2 aromatic carbocycles. The van der Waals surface area contributed by atoms with E-state index in [0.717, 1.165) is 18.4 Å². The van der Waals surface area contributed by atoms with Crippen molar-refractivity contribution in [2.24, 2.45) is 5.92 Å². The summed E-state index contributed by atoms with van der Waals surface area (Å²) in [5.41, 5.74) is 1.47. The molecule has 0 saturated carbocycles. The first-order valence-electron chi connectivity index (χ1n) is 9.34. The second-order valence-corrected chi connectivity index (χ2v) is 9.18. The summed E-state index contributed by atoms with van der Waals surface area (Å²) in [6, 6.07) is 15.8. The van der Waals surface area contributed by atoms with Crippen LogP contribution in [-0.4, -0.2) is 31.7 Å². The Bertz CT molecular complexity index is 879. The number of hydrogen-bond donors (Lipinski definition) is 1. The molecule has 1 N–H and O–H groups in total. The SMILES string of the molecule is C[C@@H]1CCCN(S(=O)(=O)c2ccc(C(=O)N[C@@H](C)c3ccccc3)cc2)C1. The molecule has 3 rings (SSSR count). The Labute approximate surface area is 161 Å². The van der Waals surface area contributed by atoms with Gasteiger partial charge in [-0.05, 0) is 55.5 Å². The molecule has 0 radical (unpaired) electrons. The summed E-state index contributed by atoms with van der Waals surface area (Å²) in [5.74, 6) is 0.153. The van der Waals surface area contributed by atoms with Gasteiger partial charge in [0.2, 0.25) is 10.0 Å². The van der Waals surface area contributed by atoms with E-state index in [1.54, 1.807) is 16.4 Å². The van der Waals surface area contributed by atoms with E-state index in [-0.39, 0.29) is 16.8 Å². The standard InChI is InChI=1S/C21H26N2O3S/c1-16-7-6-14-23(15-16)27(25,26)20-12-10-19(11-13-20)21(24)22-17(2)18-8-4-3-5-9-18/h3-5,8-13,16-17H,6-7,14-15H2,1-2H3,(H,22,24)/t16-,17+/m1/s1. The summed E-state index contributed by atoms with van der Waals surface area (Å²) < 4.78 is 27.2. The first-order chi connectivity index (χ1) is 12.9. The Morgan fingerprint density at radius 1 is 1.11 bits per heavy atom. The number of amides is 1. The smallest absolute Gasteiger partial charge is 0.251 e. The Balaban J connectivity index is 1.70. The molecule has 144 valence electrons. The molecule has 5 nitrogen and oxygen atoms in total. The number of rotatable bonds is 5. The van der Waals surface area contributed by atoms with E-state index in [4.69, 9.17) is 0 Å². The molecule has 27 heavy (non-hydrogen) atoms. The Hall–Kier alpha value is -2.18. The molecule has 6 heteroatoms. The zero-order valence-electron chi connectivity index (χ0n) is 15.8. The van der Waals surface area contributed by atoms with Crippen LogP contribution in [0.1, 0.15) is 48.7 Å². The maximum absolute atomic E-state index is 12.8. The fraction of sp³-hybridized carbons (Fsp3) is 0.381. The Morgan fingerprint density at radius 3 is 2.41 bits per heavy atom. The van der Waals surface area contributed by atoms with Gasteiger partial charge >= 0.3 is 0 Å². The maximum atomic E-state index is 12.8. The van der Waals surface area contributed by atoms with Crippen LogP contribution in [0, 0.1) is 5.92 Å². The van der Waals surface area contributed by atoms with Gasteiger partial charge in [-0.2, -0.15) is 4.31 Å². The van der Waals surface area contributed by atoms with Crippen LogP contribution >= 0.6 is 0 Å². The lowest BCUT2D eigenvalue weighted by molar-refractivity contribution is 0.0940. The third kappa shape index (κ3) is 4.57. The molecule has 2 aromatic rings. The number of sulfonamides is 1. The van der Waals surface area contributed by atoms with Gasteiger partial charge in [-0.1, -0.05) is 37.3 Å². The molecular formula is C21H26N2O3S. The topological polar surface area (TPSA) is 66.5 Å². The first kappa shape index (κ1) is 19.6. The van der Waals surface area contributed by atoms with Crippen molar-refractivity contribution < 1.29 is 13.2 Å². The lowest BCUT2D eigenvalue weighted by atomic mass is 10.0. The van der Waals surface area contributed by atoms with Crippen LogP contribution in [0.3, 0.4) is 0 Å². The van der Waals surface area contributed by atoms with Gasteiger partial charge < -0.3 is 5.32 Å². The van der Waals surface area contributed by atoms with E-state index >= 15 is 0 Å². The van der Waals surface area contributed by atoms with Gasteiger partial charge in [0.05, 0.1) is 10.9 Å². The van der Waals surface area contributed by atoms with Crippen molar-refractivity contribution in [2.45, 2.75) is 37.6 Å². The monoisotopic (exact) mass is 386 g/mol. The molecule has 1 amide bonds. The lowest BCUT2D eigenvalue weighted by Crippen LogP contribution is -2.39. The summed E-state index contributed by atoms with van der Waals surface area (Å²) >= 11 is 0. The molecule has 1 aliphatic rings. The van der Waals surface area contributed by atoms with Gasteiger partial charge in [0.1, 0.15) is 0 Å². The Morgan fingerprint density at radius 2 is 1.78 bits per heavy atom. The van der Waals surface area contributed by atoms with Gasteiger partial charge in [0, 0.05) is 18.7 Å². The van der Waals surface area contributed by atoms with Crippen molar-refractivity contribution in [1.29, 1.82) is 0 Å². The molecular weight excluding hydrogens is 360 g/mol. The van der Waals surface area contributed by atoms with Gasteiger partial charge in [-0.25, -0.2) is 8.42 Å². The third-order valence-corrected chi connectivity index (χ3v) is 6.90. The van der Waals surface area contributed by atoms with E-state index in [2.05, 4.69) is 12.2 Å². The fourth-order valence-electron chi connectivity index (χ4n) is 3.40. The van der Waals surface area contributed by atoms with Crippen molar-refractivity contribution in [3.8, 4) is 0 Å². The molecule has 0 aliphatic carbocycles. The maximum Gasteiger partial charge on any atom is 0.251 e. The zero-order valence-corrected chi connectivity index (χ0v) is 16.6. The van der Waals surface area contributed by atoms with Gasteiger partial charge in [0.25, 0.3) is 5.91 Å². The minimum absolute atomic E-state index is 0.128. The van der Waals surface area contributed by atoms with E-state index < -0.39 is 10.0 Å². The molecule has 1 aliphatic heterocycles. The van der Waals surface area contributed by atoms with Crippen LogP contribution < -0.4 is 5.32 Å². The molecule has 0 bridgehead atoms. The molecule has 1 heterocycles. The van der Waals surface area contributed by atoms with Crippen molar-refractivity contribution in [3.63, 3.8) is 0 Å². The quantitative estimate of drug-likeness (QED) is 0.854. The summed E-state index contributed by atoms with van der Waals surface area (Å²) in [7, 11) is -3.50. The van der Waals surface area contributed by atoms with Gasteiger partial charge in [-0.3, -0.25) is 4.79 Å². The van der Waals surface area contributed by atoms with Gasteiger partial charge in [0.15, 0.2) is 0 Å². The normalized spacial score (nSPS) is 19.4. The van der Waals surface area contributed by atoms with Crippen LogP contribution in [-0.2, 0) is 10.0 Å². The van der Waals surface area contributed by atoms with Crippen LogP contribution in [0.25, 0.3) is 0 Å². The number of carbonyl (C=O) groups is 1. The van der Waals surface area contributed by atoms with Crippen LogP contribution in [0.15, 0.2) is 59.5 Å². The van der Waals surface area contributed by atoms with E-state index in [9.17, 15) is 13.2 Å². The highest BCUT2D eigenvalue weighted by Gasteiger charge is 2.28. The number of nitrogens with zero attached hydrogens (tertiary/aromatic N) is 1. The Kier molecular flexibility index (Phi) is 5.97. The number of hydrogen-bond acceptors (Lipinski definition) is 3. The second-order valence-electron chi connectivity index (χ2n) is 7.24. The summed E-state index contributed by atoms with van der Waals surface area (Å²) in [5, 5.41) is 2.94. The number of benzene rings is 2. The van der Waals surface area contributed by atoms with Crippen molar-refractivity contribution in [3.05, 3.63) is 65.7 Å². The van der Waals surface area contributed by atoms with E-state index in [1.165, 1.54) is 12.1 Å². The van der Waals surface area contributed by atoms with Crippen LogP contribution in [0.4, 0.5) is 0 Å². The highest BCUT2D eigenvalue weighted by atomic mass is 32.2. The minimum Gasteiger partial charge on any atom is -0.346 e. The van der Waals surface area contributed by atoms with Gasteiger partial charge in [-0.15, -0.1) is 0 Å². The predicted molar refractivity (Wildman–Crippen MR) is 106 cm³/mol. The highest BCUT2D eigenvalue weighted by Crippen LogP contribution is 2.23. The highest BCUT2D eigenvalue weighted by molar-refractivity contribution is 7.89. The average Bonchev–Trinajstić information content (AvgIpc) is 2.68. The molecule has 0 unspecified atom stereocenters. The fourth-order valence-corrected chi connectivity index (χ4v) is 5.00. The molecule has 1 fully saturated rings. The van der Waals surface area contributed by atoms with Crippen LogP contribution in [0.5, 0.6) is 0 Å². The summed E-state index contributed by atoms with van der Waals surface area (Å²) in [6.45, 7) is 5.11. The van der Waals surface area contributed by atoms with Crippen molar-refractivity contribution in [2.75, 3.05) is 13.1 Å².